The van der Waals surface area contributed by atoms with Crippen LogP contribution in [0.5, 0.6) is 0 Å². The molecule has 2 saturated heterocycles. The van der Waals surface area contributed by atoms with Gasteiger partial charge in [-0.05, 0) is 26.2 Å². The van der Waals surface area contributed by atoms with Gasteiger partial charge in [-0.15, -0.1) is 35.3 Å². The van der Waals surface area contributed by atoms with Gasteiger partial charge in [-0.25, -0.2) is 4.98 Å². The fraction of sp³-hybridized carbons (Fsp3) is 0.778. The number of rotatable bonds is 5. The Kier molecular flexibility index (Phi) is 9.05. The summed E-state index contributed by atoms with van der Waals surface area (Å²) in [5.74, 6) is 0.954. The first-order chi connectivity index (χ1) is 12.2. The first-order valence-corrected chi connectivity index (χ1v) is 10.2. The van der Waals surface area contributed by atoms with E-state index >= 15 is 0 Å². The van der Waals surface area contributed by atoms with E-state index in [1.54, 1.807) is 0 Å². The van der Waals surface area contributed by atoms with Crippen LogP contribution in [-0.2, 0) is 22.3 Å². The standard InChI is InChI=1S/C18H30N4O2S.HI/c1-4-14-13(2)25-17(21-14)7-8-20-18(19-3)22-9-11-24-16(12-22)15-6-5-10-23-15;/h15-16H,4-12H2,1-3H3,(H,19,20);1H. The third-order valence-corrected chi connectivity index (χ3v) is 5.95. The number of thiazole rings is 1. The number of guanidine groups is 1. The van der Waals surface area contributed by atoms with Crippen LogP contribution in [0.2, 0.25) is 0 Å². The van der Waals surface area contributed by atoms with Crippen molar-refractivity contribution in [2.24, 2.45) is 4.99 Å². The summed E-state index contributed by atoms with van der Waals surface area (Å²) in [4.78, 5) is 12.8. The monoisotopic (exact) mass is 494 g/mol. The minimum Gasteiger partial charge on any atom is -0.375 e. The normalized spacial score (nSPS) is 23.8. The van der Waals surface area contributed by atoms with E-state index in [0.717, 1.165) is 64.5 Å². The summed E-state index contributed by atoms with van der Waals surface area (Å²) < 4.78 is 11.7. The van der Waals surface area contributed by atoms with Gasteiger partial charge in [0, 0.05) is 44.6 Å². The largest absolute Gasteiger partial charge is 0.375 e. The van der Waals surface area contributed by atoms with Crippen LogP contribution in [-0.4, -0.2) is 67.9 Å². The van der Waals surface area contributed by atoms with Gasteiger partial charge >= 0.3 is 0 Å². The average molecular weight is 494 g/mol. The first kappa shape index (κ1) is 21.8. The fourth-order valence-corrected chi connectivity index (χ4v) is 4.55. The Balaban J connectivity index is 0.00000243. The maximum atomic E-state index is 5.93. The van der Waals surface area contributed by atoms with E-state index in [-0.39, 0.29) is 36.2 Å². The molecule has 0 aromatic carbocycles. The zero-order valence-electron chi connectivity index (χ0n) is 16.0. The molecule has 1 aromatic heterocycles. The van der Waals surface area contributed by atoms with Gasteiger partial charge < -0.3 is 19.7 Å². The molecular formula is C18H31IN4O2S. The molecule has 2 aliphatic rings. The van der Waals surface area contributed by atoms with Crippen molar-refractivity contribution in [1.82, 2.24) is 15.2 Å². The number of hydrogen-bond acceptors (Lipinski definition) is 5. The molecule has 6 nitrogen and oxygen atoms in total. The predicted molar refractivity (Wildman–Crippen MR) is 117 cm³/mol. The number of ether oxygens (including phenoxy) is 2. The van der Waals surface area contributed by atoms with E-state index in [1.807, 2.05) is 18.4 Å². The molecule has 2 aliphatic heterocycles. The van der Waals surface area contributed by atoms with E-state index in [1.165, 1.54) is 15.6 Å². The number of aromatic nitrogens is 1. The van der Waals surface area contributed by atoms with E-state index in [4.69, 9.17) is 14.5 Å². The Bertz CT molecular complexity index is 590. The maximum Gasteiger partial charge on any atom is 0.193 e. The molecule has 2 unspecified atom stereocenters. The van der Waals surface area contributed by atoms with Crippen molar-refractivity contribution < 1.29 is 9.47 Å². The molecule has 0 spiro atoms. The van der Waals surface area contributed by atoms with Crippen molar-refractivity contribution in [1.29, 1.82) is 0 Å². The van der Waals surface area contributed by atoms with Gasteiger partial charge in [-0.1, -0.05) is 6.92 Å². The van der Waals surface area contributed by atoms with E-state index in [9.17, 15) is 0 Å². The van der Waals surface area contributed by atoms with Crippen molar-refractivity contribution in [3.8, 4) is 0 Å². The highest BCUT2D eigenvalue weighted by Crippen LogP contribution is 2.21. The summed E-state index contributed by atoms with van der Waals surface area (Å²) in [5, 5.41) is 4.70. The second-order valence-electron chi connectivity index (χ2n) is 6.59. The van der Waals surface area contributed by atoms with E-state index in [2.05, 4.69) is 29.1 Å². The first-order valence-electron chi connectivity index (χ1n) is 9.35. The van der Waals surface area contributed by atoms with Crippen LogP contribution in [0.25, 0.3) is 0 Å². The molecular weight excluding hydrogens is 463 g/mol. The zero-order chi connectivity index (χ0) is 17.6. The molecule has 3 rings (SSSR count). The molecule has 3 heterocycles. The van der Waals surface area contributed by atoms with Gasteiger partial charge in [0.1, 0.15) is 6.10 Å². The Morgan fingerprint density at radius 1 is 1.35 bits per heavy atom. The van der Waals surface area contributed by atoms with Crippen molar-refractivity contribution in [2.75, 3.05) is 39.9 Å². The fourth-order valence-electron chi connectivity index (χ4n) is 3.52. The number of aliphatic imine (C=N–C) groups is 1. The Morgan fingerprint density at radius 3 is 2.81 bits per heavy atom. The van der Waals surface area contributed by atoms with Crippen LogP contribution in [0.3, 0.4) is 0 Å². The van der Waals surface area contributed by atoms with Crippen LogP contribution >= 0.6 is 35.3 Å². The Labute approximate surface area is 177 Å². The van der Waals surface area contributed by atoms with Crippen LogP contribution in [0.1, 0.15) is 35.3 Å². The van der Waals surface area contributed by atoms with Crippen molar-refractivity contribution in [3.63, 3.8) is 0 Å². The molecule has 0 amide bonds. The van der Waals surface area contributed by atoms with Gasteiger partial charge in [0.25, 0.3) is 0 Å². The van der Waals surface area contributed by atoms with Gasteiger partial charge in [-0.3, -0.25) is 4.99 Å². The van der Waals surface area contributed by atoms with Crippen molar-refractivity contribution >= 4 is 41.3 Å². The van der Waals surface area contributed by atoms with Gasteiger partial charge in [0.05, 0.1) is 23.4 Å². The van der Waals surface area contributed by atoms with Crippen LogP contribution in [0, 0.1) is 6.92 Å². The molecule has 148 valence electrons. The molecule has 2 atom stereocenters. The van der Waals surface area contributed by atoms with Gasteiger partial charge in [0.2, 0.25) is 0 Å². The summed E-state index contributed by atoms with van der Waals surface area (Å²) in [5.41, 5.74) is 1.23. The molecule has 2 fully saturated rings. The zero-order valence-corrected chi connectivity index (χ0v) is 19.1. The van der Waals surface area contributed by atoms with Gasteiger partial charge in [-0.2, -0.15) is 0 Å². The molecule has 0 aliphatic carbocycles. The summed E-state index contributed by atoms with van der Waals surface area (Å²) in [6.07, 6.45) is 4.59. The third-order valence-electron chi connectivity index (χ3n) is 4.88. The molecule has 0 bridgehead atoms. The molecule has 8 heteroatoms. The Hall–Kier alpha value is -0.450. The molecule has 0 radical (unpaired) electrons. The van der Waals surface area contributed by atoms with E-state index < -0.39 is 0 Å². The van der Waals surface area contributed by atoms with Crippen molar-refractivity contribution in [2.45, 2.75) is 51.7 Å². The number of aryl methyl sites for hydroxylation is 2. The highest BCUT2D eigenvalue weighted by Gasteiger charge is 2.32. The highest BCUT2D eigenvalue weighted by molar-refractivity contribution is 14.0. The highest BCUT2D eigenvalue weighted by atomic mass is 127. The second kappa shape index (κ2) is 10.8. The average Bonchev–Trinajstić information content (AvgIpc) is 3.28. The quantitative estimate of drug-likeness (QED) is 0.388. The lowest BCUT2D eigenvalue weighted by atomic mass is 10.1. The second-order valence-corrected chi connectivity index (χ2v) is 7.88. The minimum absolute atomic E-state index is 0. The number of halogens is 1. The SMILES string of the molecule is CCc1nc(CCNC(=NC)N2CCOC(C3CCCO3)C2)sc1C.I. The number of nitrogens with zero attached hydrogens (tertiary/aromatic N) is 3. The van der Waals surface area contributed by atoms with Crippen LogP contribution < -0.4 is 5.32 Å². The van der Waals surface area contributed by atoms with Crippen LogP contribution in [0.4, 0.5) is 0 Å². The smallest absolute Gasteiger partial charge is 0.193 e. The molecule has 1 aromatic rings. The lowest BCUT2D eigenvalue weighted by Crippen LogP contribution is -2.53. The molecule has 0 saturated carbocycles. The predicted octanol–water partition coefficient (Wildman–Crippen LogP) is 2.63. The number of hydrogen-bond donors (Lipinski definition) is 1. The molecule has 26 heavy (non-hydrogen) atoms. The van der Waals surface area contributed by atoms with E-state index in [0.29, 0.717) is 0 Å². The van der Waals surface area contributed by atoms with Crippen molar-refractivity contribution in [3.05, 3.63) is 15.6 Å². The summed E-state index contributed by atoms with van der Waals surface area (Å²) >= 11 is 1.81. The lowest BCUT2D eigenvalue weighted by Gasteiger charge is -2.37. The Morgan fingerprint density at radius 2 is 2.15 bits per heavy atom. The minimum atomic E-state index is 0. The number of morpholine rings is 1. The lowest BCUT2D eigenvalue weighted by molar-refractivity contribution is -0.0816. The van der Waals surface area contributed by atoms with Gasteiger partial charge in [0.15, 0.2) is 5.96 Å². The maximum absolute atomic E-state index is 5.93. The molecule has 1 N–H and O–H groups in total. The van der Waals surface area contributed by atoms with Crippen LogP contribution in [0.15, 0.2) is 4.99 Å². The topological polar surface area (TPSA) is 59.0 Å². The summed E-state index contributed by atoms with van der Waals surface area (Å²) in [7, 11) is 1.85. The summed E-state index contributed by atoms with van der Waals surface area (Å²) in [6.45, 7) is 8.49. The number of nitrogens with one attached hydrogen (secondary N) is 1. The third kappa shape index (κ3) is 5.53. The summed E-state index contributed by atoms with van der Waals surface area (Å²) in [6, 6.07) is 0.